The van der Waals surface area contributed by atoms with E-state index in [4.69, 9.17) is 5.11 Å². The molecule has 19 heavy (non-hydrogen) atoms. The Morgan fingerprint density at radius 2 is 1.74 bits per heavy atom. The van der Waals surface area contributed by atoms with Gasteiger partial charge in [-0.2, -0.15) is 26.3 Å². The summed E-state index contributed by atoms with van der Waals surface area (Å²) in [6, 6.07) is 2.89. The molecule has 0 aliphatic heterocycles. The Bertz CT molecular complexity index is 463. The molecule has 1 atom stereocenters. The molecular weight excluding hydrogens is 278 g/mol. The van der Waals surface area contributed by atoms with Gasteiger partial charge in [-0.3, -0.25) is 4.79 Å². The molecule has 2 nitrogen and oxygen atoms in total. The molecule has 0 spiro atoms. The smallest absolute Gasteiger partial charge is 0.416 e. The van der Waals surface area contributed by atoms with Crippen molar-refractivity contribution in [1.29, 1.82) is 0 Å². The first-order valence-corrected chi connectivity index (χ1v) is 4.97. The van der Waals surface area contributed by atoms with Crippen molar-refractivity contribution < 1.29 is 36.2 Å². The van der Waals surface area contributed by atoms with E-state index >= 15 is 0 Å². The van der Waals surface area contributed by atoms with Crippen molar-refractivity contribution in [2.24, 2.45) is 0 Å². The number of rotatable bonds is 3. The Hall–Kier alpha value is -1.73. The third-order valence-electron chi connectivity index (χ3n) is 2.35. The fourth-order valence-corrected chi connectivity index (χ4v) is 1.51. The van der Waals surface area contributed by atoms with Crippen molar-refractivity contribution in [1.82, 2.24) is 0 Å². The molecule has 0 saturated heterocycles. The minimum Gasteiger partial charge on any atom is -0.481 e. The van der Waals surface area contributed by atoms with Gasteiger partial charge < -0.3 is 5.11 Å². The lowest BCUT2D eigenvalue weighted by atomic mass is 9.94. The summed E-state index contributed by atoms with van der Waals surface area (Å²) in [7, 11) is 0. The van der Waals surface area contributed by atoms with Crippen LogP contribution in [0.2, 0.25) is 0 Å². The highest BCUT2D eigenvalue weighted by atomic mass is 19.4. The molecular formula is C11H8F6O2. The van der Waals surface area contributed by atoms with Gasteiger partial charge in [0.1, 0.15) is 0 Å². The summed E-state index contributed by atoms with van der Waals surface area (Å²) in [6.45, 7) is 0. The summed E-state index contributed by atoms with van der Waals surface area (Å²) < 4.78 is 73.8. The number of benzene rings is 1. The number of carboxylic acid groups (broad SMARTS) is 1. The predicted molar refractivity (Wildman–Crippen MR) is 52.5 cm³/mol. The Morgan fingerprint density at radius 1 is 1.16 bits per heavy atom. The highest BCUT2D eigenvalue weighted by Gasteiger charge is 2.37. The van der Waals surface area contributed by atoms with E-state index in [1.54, 1.807) is 0 Å². The predicted octanol–water partition coefficient (Wildman–Crippen LogP) is 3.83. The first-order chi connectivity index (χ1) is 8.50. The second kappa shape index (κ2) is 5.10. The zero-order valence-corrected chi connectivity index (χ0v) is 9.22. The molecule has 1 aromatic carbocycles. The van der Waals surface area contributed by atoms with Gasteiger partial charge in [-0.25, -0.2) is 0 Å². The lowest BCUT2D eigenvalue weighted by Crippen LogP contribution is -2.21. The average Bonchev–Trinajstić information content (AvgIpc) is 2.23. The lowest BCUT2D eigenvalue weighted by Gasteiger charge is -2.16. The number of aliphatic carboxylic acids is 1. The highest BCUT2D eigenvalue weighted by molar-refractivity contribution is 5.76. The topological polar surface area (TPSA) is 37.3 Å². The van der Waals surface area contributed by atoms with E-state index in [9.17, 15) is 31.1 Å². The molecule has 0 aliphatic rings. The van der Waals surface area contributed by atoms with Crippen LogP contribution in [-0.4, -0.2) is 17.3 Å². The van der Waals surface area contributed by atoms with Gasteiger partial charge >= 0.3 is 18.3 Å². The molecule has 8 heteroatoms. The molecule has 1 N–H and O–H groups in total. The normalized spacial score (nSPS) is 14.2. The summed E-state index contributed by atoms with van der Waals surface area (Å²) >= 11 is 0. The number of hydrogen-bond donors (Lipinski definition) is 1. The van der Waals surface area contributed by atoms with E-state index in [-0.39, 0.29) is 0 Å². The third-order valence-corrected chi connectivity index (χ3v) is 2.35. The maximum Gasteiger partial charge on any atom is 0.416 e. The SMILES string of the molecule is O=C(O)C(CC(F)(F)F)c1cccc(C(F)(F)F)c1. The van der Waals surface area contributed by atoms with Crippen LogP contribution in [0.1, 0.15) is 23.5 Å². The first kappa shape index (κ1) is 15.3. The van der Waals surface area contributed by atoms with Gasteiger partial charge in [0.15, 0.2) is 0 Å². The minimum atomic E-state index is -4.78. The van der Waals surface area contributed by atoms with E-state index in [1.165, 1.54) is 0 Å². The highest BCUT2D eigenvalue weighted by Crippen LogP contribution is 2.35. The quantitative estimate of drug-likeness (QED) is 0.857. The second-order valence-electron chi connectivity index (χ2n) is 3.83. The molecule has 0 fully saturated rings. The zero-order chi connectivity index (χ0) is 14.8. The largest absolute Gasteiger partial charge is 0.481 e. The van der Waals surface area contributed by atoms with E-state index in [2.05, 4.69) is 0 Å². The van der Waals surface area contributed by atoms with Crippen molar-refractivity contribution in [3.05, 3.63) is 35.4 Å². The van der Waals surface area contributed by atoms with Crippen molar-refractivity contribution in [2.45, 2.75) is 24.7 Å². The molecule has 1 rings (SSSR count). The molecule has 1 aromatic rings. The van der Waals surface area contributed by atoms with E-state index in [0.29, 0.717) is 12.1 Å². The molecule has 0 bridgehead atoms. The summed E-state index contributed by atoms with van der Waals surface area (Å²) in [4.78, 5) is 10.8. The Labute approximate surface area is 103 Å². The Kier molecular flexibility index (Phi) is 4.12. The van der Waals surface area contributed by atoms with Crippen LogP contribution in [0, 0.1) is 0 Å². The second-order valence-corrected chi connectivity index (χ2v) is 3.83. The van der Waals surface area contributed by atoms with Crippen LogP contribution in [-0.2, 0) is 11.0 Å². The standard InChI is InChI=1S/C11H8F6O2/c12-10(13,14)5-8(9(18)19)6-2-1-3-7(4-6)11(15,16)17/h1-4,8H,5H2,(H,18,19). The van der Waals surface area contributed by atoms with Crippen LogP contribution in [0.25, 0.3) is 0 Å². The minimum absolute atomic E-state index is 0.421. The van der Waals surface area contributed by atoms with Crippen molar-refractivity contribution in [3.63, 3.8) is 0 Å². The summed E-state index contributed by atoms with van der Waals surface area (Å²) in [6.07, 6.45) is -11.2. The fourth-order valence-electron chi connectivity index (χ4n) is 1.51. The van der Waals surface area contributed by atoms with Gasteiger partial charge in [0, 0.05) is 0 Å². The van der Waals surface area contributed by atoms with Gasteiger partial charge in [0.25, 0.3) is 0 Å². The van der Waals surface area contributed by atoms with Crippen LogP contribution >= 0.6 is 0 Å². The monoisotopic (exact) mass is 286 g/mol. The number of carbonyl (C=O) groups is 1. The van der Waals surface area contributed by atoms with Crippen LogP contribution < -0.4 is 0 Å². The van der Waals surface area contributed by atoms with Crippen LogP contribution in [0.4, 0.5) is 26.3 Å². The maximum atomic E-state index is 12.4. The van der Waals surface area contributed by atoms with Crippen LogP contribution in [0.15, 0.2) is 24.3 Å². The van der Waals surface area contributed by atoms with Crippen molar-refractivity contribution >= 4 is 5.97 Å². The molecule has 0 saturated carbocycles. The van der Waals surface area contributed by atoms with Crippen molar-refractivity contribution in [3.8, 4) is 0 Å². The number of halogens is 6. The molecule has 0 aliphatic carbocycles. The summed E-state index contributed by atoms with van der Waals surface area (Å²) in [5, 5.41) is 8.70. The number of hydrogen-bond acceptors (Lipinski definition) is 1. The lowest BCUT2D eigenvalue weighted by molar-refractivity contribution is -0.157. The van der Waals surface area contributed by atoms with E-state index in [0.717, 1.165) is 12.1 Å². The summed E-state index contributed by atoms with van der Waals surface area (Å²) in [5.41, 5.74) is -1.71. The summed E-state index contributed by atoms with van der Waals surface area (Å²) in [5.74, 6) is -3.88. The number of carboxylic acids is 1. The van der Waals surface area contributed by atoms with Gasteiger partial charge in [-0.15, -0.1) is 0 Å². The van der Waals surface area contributed by atoms with E-state index < -0.39 is 41.8 Å². The number of alkyl halides is 6. The van der Waals surface area contributed by atoms with Crippen LogP contribution in [0.5, 0.6) is 0 Å². The Morgan fingerprint density at radius 3 is 2.16 bits per heavy atom. The molecule has 0 aromatic heterocycles. The molecule has 106 valence electrons. The molecule has 0 radical (unpaired) electrons. The Balaban J connectivity index is 3.14. The van der Waals surface area contributed by atoms with Crippen molar-refractivity contribution in [2.75, 3.05) is 0 Å². The van der Waals surface area contributed by atoms with E-state index in [1.807, 2.05) is 0 Å². The van der Waals surface area contributed by atoms with Crippen LogP contribution in [0.3, 0.4) is 0 Å². The van der Waals surface area contributed by atoms with Gasteiger partial charge in [0.2, 0.25) is 0 Å². The zero-order valence-electron chi connectivity index (χ0n) is 9.22. The molecule has 0 heterocycles. The molecule has 0 amide bonds. The van der Waals surface area contributed by atoms with Gasteiger partial charge in [-0.1, -0.05) is 18.2 Å². The fraction of sp³-hybridized carbons (Fsp3) is 0.364. The maximum absolute atomic E-state index is 12.4. The molecule has 1 unspecified atom stereocenters. The average molecular weight is 286 g/mol. The first-order valence-electron chi connectivity index (χ1n) is 4.97. The third kappa shape index (κ3) is 4.46. The van der Waals surface area contributed by atoms with Gasteiger partial charge in [0.05, 0.1) is 17.9 Å². The van der Waals surface area contributed by atoms with Gasteiger partial charge in [-0.05, 0) is 11.6 Å².